The quantitative estimate of drug-likeness (QED) is 0.766. The standard InChI is InChI=1S/C13H25N.C8H8N2O2/c14-13(11-7-3-1-4-8-11)12-9-5-2-6-10-12;9-7(11)5-2-1-3-6(4-5)8(10)12/h11-13H,1-10,14H2;1-4H,(H2,9,11)(H2,10,12). The zero-order valence-electron chi connectivity index (χ0n) is 15.7. The van der Waals surface area contributed by atoms with Crippen LogP contribution in [0.5, 0.6) is 0 Å². The highest BCUT2D eigenvalue weighted by Crippen LogP contribution is 2.34. The molecular formula is C21H33N3O2. The fourth-order valence-electron chi connectivity index (χ4n) is 4.25. The summed E-state index contributed by atoms with van der Waals surface area (Å²) in [5.74, 6) is 0.592. The number of benzene rings is 1. The maximum absolute atomic E-state index is 10.6. The molecule has 1 aromatic rings. The molecule has 2 aliphatic rings. The summed E-state index contributed by atoms with van der Waals surface area (Å²) < 4.78 is 0. The van der Waals surface area contributed by atoms with E-state index in [1.54, 1.807) is 6.07 Å². The number of nitrogens with two attached hydrogens (primary N) is 3. The lowest BCUT2D eigenvalue weighted by atomic mass is 9.74. The molecule has 0 atom stereocenters. The Morgan fingerprint density at radius 2 is 1.15 bits per heavy atom. The Kier molecular flexibility index (Phi) is 8.10. The van der Waals surface area contributed by atoms with Crippen molar-refractivity contribution in [1.29, 1.82) is 0 Å². The van der Waals surface area contributed by atoms with Gasteiger partial charge in [-0.3, -0.25) is 9.59 Å². The molecule has 0 saturated heterocycles. The minimum atomic E-state index is -0.571. The number of amides is 2. The maximum atomic E-state index is 10.6. The van der Waals surface area contributed by atoms with Gasteiger partial charge in [-0.05, 0) is 55.7 Å². The summed E-state index contributed by atoms with van der Waals surface area (Å²) in [6.07, 6.45) is 14.3. The van der Waals surface area contributed by atoms with Crippen LogP contribution in [0.2, 0.25) is 0 Å². The van der Waals surface area contributed by atoms with Gasteiger partial charge in [-0.25, -0.2) is 0 Å². The molecule has 0 radical (unpaired) electrons. The number of carbonyl (C=O) groups is 2. The van der Waals surface area contributed by atoms with Crippen molar-refractivity contribution in [3.8, 4) is 0 Å². The van der Waals surface area contributed by atoms with E-state index in [0.717, 1.165) is 11.8 Å². The Hall–Kier alpha value is -1.88. The van der Waals surface area contributed by atoms with Crippen LogP contribution in [0.15, 0.2) is 24.3 Å². The summed E-state index contributed by atoms with van der Waals surface area (Å²) in [6, 6.07) is 6.50. The van der Waals surface area contributed by atoms with E-state index in [-0.39, 0.29) is 11.1 Å². The van der Waals surface area contributed by atoms with E-state index in [2.05, 4.69) is 0 Å². The first kappa shape index (κ1) is 20.4. The van der Waals surface area contributed by atoms with Crippen LogP contribution in [0.4, 0.5) is 0 Å². The lowest BCUT2D eigenvalue weighted by molar-refractivity contribution is 0.0999. The third-order valence-corrected chi connectivity index (χ3v) is 5.82. The van der Waals surface area contributed by atoms with Gasteiger partial charge in [0.05, 0.1) is 0 Å². The largest absolute Gasteiger partial charge is 0.366 e. The van der Waals surface area contributed by atoms with E-state index in [9.17, 15) is 9.59 Å². The Morgan fingerprint density at radius 1 is 0.769 bits per heavy atom. The Morgan fingerprint density at radius 3 is 1.50 bits per heavy atom. The van der Waals surface area contributed by atoms with Crippen LogP contribution in [0.3, 0.4) is 0 Å². The maximum Gasteiger partial charge on any atom is 0.248 e. The van der Waals surface area contributed by atoms with Gasteiger partial charge in [0.25, 0.3) is 0 Å². The van der Waals surface area contributed by atoms with Crippen molar-refractivity contribution in [2.24, 2.45) is 29.0 Å². The molecule has 3 rings (SSSR count). The topological polar surface area (TPSA) is 112 Å². The molecule has 0 bridgehead atoms. The molecular weight excluding hydrogens is 326 g/mol. The summed E-state index contributed by atoms with van der Waals surface area (Å²) in [5, 5.41) is 0. The van der Waals surface area contributed by atoms with Crippen molar-refractivity contribution in [2.75, 3.05) is 0 Å². The first-order chi connectivity index (χ1) is 12.5. The van der Waals surface area contributed by atoms with Crippen LogP contribution in [-0.4, -0.2) is 17.9 Å². The highest BCUT2D eigenvalue weighted by atomic mass is 16.1. The van der Waals surface area contributed by atoms with Gasteiger partial charge in [-0.15, -0.1) is 0 Å². The van der Waals surface area contributed by atoms with Gasteiger partial charge in [0, 0.05) is 17.2 Å². The summed E-state index contributed by atoms with van der Waals surface area (Å²) in [4.78, 5) is 21.3. The number of primary amides is 2. The molecule has 5 heteroatoms. The molecule has 0 spiro atoms. The predicted octanol–water partition coefficient (Wildman–Crippen LogP) is 3.36. The molecule has 0 aromatic heterocycles. The minimum Gasteiger partial charge on any atom is -0.366 e. The lowest BCUT2D eigenvalue weighted by Gasteiger charge is -2.35. The highest BCUT2D eigenvalue weighted by molar-refractivity contribution is 5.98. The van der Waals surface area contributed by atoms with Crippen molar-refractivity contribution in [3.05, 3.63) is 35.4 Å². The summed E-state index contributed by atoms with van der Waals surface area (Å²) >= 11 is 0. The lowest BCUT2D eigenvalue weighted by Crippen LogP contribution is -2.39. The van der Waals surface area contributed by atoms with Crippen molar-refractivity contribution in [1.82, 2.24) is 0 Å². The second kappa shape index (κ2) is 10.3. The van der Waals surface area contributed by atoms with Crippen molar-refractivity contribution in [3.63, 3.8) is 0 Å². The Labute approximate surface area is 156 Å². The number of rotatable bonds is 4. The first-order valence-electron chi connectivity index (χ1n) is 9.94. The number of hydrogen-bond donors (Lipinski definition) is 3. The smallest absolute Gasteiger partial charge is 0.248 e. The normalized spacial score (nSPS) is 18.8. The van der Waals surface area contributed by atoms with Crippen LogP contribution in [0, 0.1) is 11.8 Å². The molecule has 2 aliphatic carbocycles. The summed E-state index contributed by atoms with van der Waals surface area (Å²) in [7, 11) is 0. The fraction of sp³-hybridized carbons (Fsp3) is 0.619. The monoisotopic (exact) mass is 359 g/mol. The van der Waals surface area contributed by atoms with Crippen LogP contribution in [0.1, 0.15) is 84.9 Å². The van der Waals surface area contributed by atoms with Gasteiger partial charge >= 0.3 is 0 Å². The van der Waals surface area contributed by atoms with E-state index in [1.807, 2.05) is 0 Å². The molecule has 0 unspecified atom stereocenters. The third-order valence-electron chi connectivity index (χ3n) is 5.82. The average molecular weight is 360 g/mol. The van der Waals surface area contributed by atoms with Crippen molar-refractivity contribution < 1.29 is 9.59 Å². The molecule has 2 fully saturated rings. The Balaban J connectivity index is 0.000000190. The first-order valence-corrected chi connectivity index (χ1v) is 9.94. The number of hydrogen-bond acceptors (Lipinski definition) is 3. The summed E-state index contributed by atoms with van der Waals surface area (Å²) in [5.41, 5.74) is 17.0. The fourth-order valence-corrected chi connectivity index (χ4v) is 4.25. The van der Waals surface area contributed by atoms with Crippen LogP contribution >= 0.6 is 0 Å². The second-order valence-corrected chi connectivity index (χ2v) is 7.68. The molecule has 2 amide bonds. The molecule has 6 N–H and O–H groups in total. The second-order valence-electron chi connectivity index (χ2n) is 7.68. The van der Waals surface area contributed by atoms with E-state index in [4.69, 9.17) is 17.2 Å². The van der Waals surface area contributed by atoms with Crippen LogP contribution < -0.4 is 17.2 Å². The average Bonchev–Trinajstić information content (AvgIpc) is 2.69. The van der Waals surface area contributed by atoms with E-state index in [0.29, 0.717) is 6.04 Å². The van der Waals surface area contributed by atoms with Gasteiger partial charge in [0.1, 0.15) is 0 Å². The van der Waals surface area contributed by atoms with Gasteiger partial charge in [-0.2, -0.15) is 0 Å². The van der Waals surface area contributed by atoms with Crippen LogP contribution in [0.25, 0.3) is 0 Å². The Bertz CT molecular complexity index is 543. The third kappa shape index (κ3) is 6.13. The van der Waals surface area contributed by atoms with Gasteiger partial charge < -0.3 is 17.2 Å². The number of carbonyl (C=O) groups excluding carboxylic acids is 2. The zero-order valence-corrected chi connectivity index (χ0v) is 15.7. The van der Waals surface area contributed by atoms with Gasteiger partial charge in [-0.1, -0.05) is 44.6 Å². The van der Waals surface area contributed by atoms with Gasteiger partial charge in [0.15, 0.2) is 0 Å². The molecule has 1 aromatic carbocycles. The summed E-state index contributed by atoms with van der Waals surface area (Å²) in [6.45, 7) is 0. The highest BCUT2D eigenvalue weighted by Gasteiger charge is 2.28. The minimum absolute atomic E-state index is 0.284. The van der Waals surface area contributed by atoms with E-state index in [1.165, 1.54) is 82.4 Å². The van der Waals surface area contributed by atoms with E-state index >= 15 is 0 Å². The molecule has 0 heterocycles. The molecule has 26 heavy (non-hydrogen) atoms. The molecule has 2 saturated carbocycles. The molecule has 144 valence electrons. The van der Waals surface area contributed by atoms with Crippen molar-refractivity contribution >= 4 is 11.8 Å². The van der Waals surface area contributed by atoms with Gasteiger partial charge in [0.2, 0.25) is 11.8 Å². The SMILES string of the molecule is NC(=O)c1cccc(C(N)=O)c1.NC(C1CCCCC1)C1CCCCC1. The molecule has 5 nitrogen and oxygen atoms in total. The molecule has 0 aliphatic heterocycles. The van der Waals surface area contributed by atoms with Crippen molar-refractivity contribution in [2.45, 2.75) is 70.3 Å². The van der Waals surface area contributed by atoms with E-state index < -0.39 is 11.8 Å². The predicted molar refractivity (Wildman–Crippen MR) is 105 cm³/mol. The zero-order chi connectivity index (χ0) is 18.9. The van der Waals surface area contributed by atoms with Crippen LogP contribution in [-0.2, 0) is 0 Å².